The molecule has 3 rings (SSSR count). The van der Waals surface area contributed by atoms with Crippen LogP contribution in [0.2, 0.25) is 0 Å². The van der Waals surface area contributed by atoms with Crippen molar-refractivity contribution >= 4 is 11.6 Å². The van der Waals surface area contributed by atoms with Gasteiger partial charge in [0.2, 0.25) is 5.91 Å². The molecule has 28 heavy (non-hydrogen) atoms. The van der Waals surface area contributed by atoms with Crippen LogP contribution in [0.1, 0.15) is 17.0 Å². The Hall–Kier alpha value is -3.12. The number of nitrogens with zero attached hydrogens (tertiary/aromatic N) is 3. The van der Waals surface area contributed by atoms with Crippen molar-refractivity contribution in [1.82, 2.24) is 14.7 Å². The van der Waals surface area contributed by atoms with Gasteiger partial charge in [-0.05, 0) is 45.2 Å². The minimum Gasteiger partial charge on any atom is -0.497 e. The Kier molecular flexibility index (Phi) is 6.11. The van der Waals surface area contributed by atoms with E-state index in [1.165, 1.54) is 0 Å². The second kappa shape index (κ2) is 8.71. The van der Waals surface area contributed by atoms with Crippen LogP contribution < -0.4 is 10.1 Å². The molecule has 146 valence electrons. The predicted octanol–water partition coefficient (Wildman–Crippen LogP) is 3.57. The van der Waals surface area contributed by atoms with Crippen molar-refractivity contribution in [1.29, 1.82) is 0 Å². The van der Waals surface area contributed by atoms with Crippen LogP contribution in [-0.4, -0.2) is 41.3 Å². The second-order valence-corrected chi connectivity index (χ2v) is 6.85. The standard InChI is InChI=1S/C22H26N4O2/c1-16-21(17(2)26(24-16)19-10-6-5-7-11-19)14-25(3)15-22(27)23-18-9-8-12-20(13-18)28-4/h5-13H,14-15H2,1-4H3,(H,23,27). The molecule has 0 fully saturated rings. The summed E-state index contributed by atoms with van der Waals surface area (Å²) in [7, 11) is 3.54. The first-order valence-corrected chi connectivity index (χ1v) is 9.21. The summed E-state index contributed by atoms with van der Waals surface area (Å²) in [6, 6.07) is 17.4. The molecule has 3 aromatic rings. The van der Waals surface area contributed by atoms with E-state index >= 15 is 0 Å². The summed E-state index contributed by atoms with van der Waals surface area (Å²) in [5, 5.41) is 7.59. The van der Waals surface area contributed by atoms with Gasteiger partial charge in [0.05, 0.1) is 25.0 Å². The summed E-state index contributed by atoms with van der Waals surface area (Å²) in [5.74, 6) is 0.646. The zero-order chi connectivity index (χ0) is 20.1. The average molecular weight is 378 g/mol. The predicted molar refractivity (Wildman–Crippen MR) is 111 cm³/mol. The molecule has 0 aliphatic rings. The molecule has 0 saturated carbocycles. The smallest absolute Gasteiger partial charge is 0.238 e. The Morgan fingerprint density at radius 2 is 1.89 bits per heavy atom. The Labute approximate surface area is 165 Å². The number of para-hydroxylation sites is 1. The van der Waals surface area contributed by atoms with Crippen molar-refractivity contribution in [2.24, 2.45) is 0 Å². The van der Waals surface area contributed by atoms with Crippen molar-refractivity contribution in [3.63, 3.8) is 0 Å². The number of amides is 1. The maximum atomic E-state index is 12.4. The Morgan fingerprint density at radius 1 is 1.14 bits per heavy atom. The SMILES string of the molecule is COc1cccc(NC(=O)CN(C)Cc2c(C)nn(-c3ccccc3)c2C)c1. The largest absolute Gasteiger partial charge is 0.497 e. The number of hydrogen-bond donors (Lipinski definition) is 1. The molecule has 1 aromatic heterocycles. The second-order valence-electron chi connectivity index (χ2n) is 6.85. The average Bonchev–Trinajstić information content (AvgIpc) is 2.97. The van der Waals surface area contributed by atoms with E-state index < -0.39 is 0 Å². The van der Waals surface area contributed by atoms with Crippen LogP contribution in [-0.2, 0) is 11.3 Å². The molecule has 0 radical (unpaired) electrons. The molecule has 0 spiro atoms. The van der Waals surface area contributed by atoms with Crippen LogP contribution >= 0.6 is 0 Å². The summed E-state index contributed by atoms with van der Waals surface area (Å²) >= 11 is 0. The Balaban J connectivity index is 1.65. The van der Waals surface area contributed by atoms with Crippen LogP contribution in [0.4, 0.5) is 5.69 Å². The zero-order valence-corrected chi connectivity index (χ0v) is 16.8. The molecule has 0 atom stereocenters. The molecular formula is C22H26N4O2. The first kappa shape index (κ1) is 19.6. The maximum absolute atomic E-state index is 12.4. The van der Waals surface area contributed by atoms with E-state index in [2.05, 4.69) is 17.3 Å². The van der Waals surface area contributed by atoms with Gasteiger partial charge in [-0.15, -0.1) is 0 Å². The molecule has 1 amide bonds. The van der Waals surface area contributed by atoms with Gasteiger partial charge >= 0.3 is 0 Å². The molecule has 0 bridgehead atoms. The lowest BCUT2D eigenvalue weighted by molar-refractivity contribution is -0.117. The van der Waals surface area contributed by atoms with Crippen molar-refractivity contribution in [3.05, 3.63) is 71.5 Å². The molecule has 1 N–H and O–H groups in total. The Morgan fingerprint density at radius 3 is 2.61 bits per heavy atom. The summed E-state index contributed by atoms with van der Waals surface area (Å²) in [5.41, 5.74) is 4.96. The zero-order valence-electron chi connectivity index (χ0n) is 16.8. The number of rotatable bonds is 7. The molecule has 2 aromatic carbocycles. The molecule has 1 heterocycles. The fourth-order valence-electron chi connectivity index (χ4n) is 3.20. The fourth-order valence-corrected chi connectivity index (χ4v) is 3.20. The normalized spacial score (nSPS) is 10.9. The third kappa shape index (κ3) is 4.58. The van der Waals surface area contributed by atoms with Gasteiger partial charge in [-0.1, -0.05) is 24.3 Å². The molecule has 6 nitrogen and oxygen atoms in total. The molecular weight excluding hydrogens is 352 g/mol. The van der Waals surface area contributed by atoms with Gasteiger partial charge in [0.15, 0.2) is 0 Å². The molecule has 6 heteroatoms. The van der Waals surface area contributed by atoms with Crippen molar-refractivity contribution in [2.75, 3.05) is 26.0 Å². The molecule has 0 aliphatic carbocycles. The minimum absolute atomic E-state index is 0.0680. The number of hydrogen-bond acceptors (Lipinski definition) is 4. The summed E-state index contributed by atoms with van der Waals surface area (Å²) in [4.78, 5) is 14.4. The number of aryl methyl sites for hydroxylation is 1. The van der Waals surface area contributed by atoms with Crippen molar-refractivity contribution in [3.8, 4) is 11.4 Å². The van der Waals surface area contributed by atoms with E-state index in [9.17, 15) is 4.79 Å². The number of carbonyl (C=O) groups excluding carboxylic acids is 1. The topological polar surface area (TPSA) is 59.4 Å². The van der Waals surface area contributed by atoms with Gasteiger partial charge in [-0.2, -0.15) is 5.10 Å². The lowest BCUT2D eigenvalue weighted by Gasteiger charge is -2.17. The van der Waals surface area contributed by atoms with Crippen LogP contribution in [0.5, 0.6) is 5.75 Å². The highest BCUT2D eigenvalue weighted by Crippen LogP contribution is 2.20. The minimum atomic E-state index is -0.0680. The lowest BCUT2D eigenvalue weighted by atomic mass is 10.2. The summed E-state index contributed by atoms with van der Waals surface area (Å²) < 4.78 is 7.14. The summed E-state index contributed by atoms with van der Waals surface area (Å²) in [6.45, 7) is 5.00. The van der Waals surface area contributed by atoms with E-state index in [1.807, 2.05) is 72.1 Å². The highest BCUT2D eigenvalue weighted by molar-refractivity contribution is 5.92. The maximum Gasteiger partial charge on any atom is 0.238 e. The van der Waals surface area contributed by atoms with Gasteiger partial charge in [0, 0.05) is 29.6 Å². The lowest BCUT2D eigenvalue weighted by Crippen LogP contribution is -2.30. The van der Waals surface area contributed by atoms with E-state index in [-0.39, 0.29) is 12.5 Å². The number of ether oxygens (including phenoxy) is 1. The molecule has 0 aliphatic heterocycles. The number of methoxy groups -OCH3 is 1. The van der Waals surface area contributed by atoms with E-state index in [1.54, 1.807) is 13.2 Å². The number of likely N-dealkylation sites (N-methyl/N-ethyl adjacent to an activating group) is 1. The summed E-state index contributed by atoms with van der Waals surface area (Å²) in [6.07, 6.45) is 0. The molecule has 0 unspecified atom stereocenters. The van der Waals surface area contributed by atoms with Crippen molar-refractivity contribution < 1.29 is 9.53 Å². The van der Waals surface area contributed by atoms with Gasteiger partial charge < -0.3 is 10.1 Å². The number of aromatic nitrogens is 2. The van der Waals surface area contributed by atoms with Crippen LogP contribution in [0.15, 0.2) is 54.6 Å². The number of carbonyl (C=O) groups is 1. The fraction of sp³-hybridized carbons (Fsp3) is 0.273. The van der Waals surface area contributed by atoms with Crippen molar-refractivity contribution in [2.45, 2.75) is 20.4 Å². The highest BCUT2D eigenvalue weighted by Gasteiger charge is 2.16. The number of nitrogens with one attached hydrogen (secondary N) is 1. The van der Waals surface area contributed by atoms with Crippen LogP contribution in [0, 0.1) is 13.8 Å². The third-order valence-electron chi connectivity index (χ3n) is 4.64. The van der Waals surface area contributed by atoms with E-state index in [4.69, 9.17) is 4.74 Å². The highest BCUT2D eigenvalue weighted by atomic mass is 16.5. The Bertz CT molecular complexity index is 950. The number of benzene rings is 2. The van der Waals surface area contributed by atoms with E-state index in [0.717, 1.165) is 28.3 Å². The van der Waals surface area contributed by atoms with Gasteiger partial charge in [0.25, 0.3) is 0 Å². The quantitative estimate of drug-likeness (QED) is 0.683. The number of anilines is 1. The first-order chi connectivity index (χ1) is 13.5. The van der Waals surface area contributed by atoms with Gasteiger partial charge in [0.1, 0.15) is 5.75 Å². The third-order valence-corrected chi connectivity index (χ3v) is 4.64. The van der Waals surface area contributed by atoms with Gasteiger partial charge in [-0.3, -0.25) is 9.69 Å². The van der Waals surface area contributed by atoms with Crippen LogP contribution in [0.25, 0.3) is 5.69 Å². The van der Waals surface area contributed by atoms with E-state index in [0.29, 0.717) is 12.3 Å². The van der Waals surface area contributed by atoms with Gasteiger partial charge in [-0.25, -0.2) is 4.68 Å². The monoisotopic (exact) mass is 378 g/mol. The van der Waals surface area contributed by atoms with Crippen LogP contribution in [0.3, 0.4) is 0 Å². The first-order valence-electron chi connectivity index (χ1n) is 9.21. The molecule has 0 saturated heterocycles.